The molecular weight excluding hydrogens is 242 g/mol. The Labute approximate surface area is 110 Å². The fourth-order valence-corrected chi connectivity index (χ4v) is 1.81. The highest BCUT2D eigenvalue weighted by molar-refractivity contribution is 5.36. The normalized spacial score (nSPS) is 10.4. The van der Waals surface area contributed by atoms with Crippen LogP contribution < -0.4 is 16.6 Å². The summed E-state index contributed by atoms with van der Waals surface area (Å²) in [6.07, 6.45) is 2.04. The first-order chi connectivity index (χ1) is 9.22. The number of aromatic nitrogens is 2. The van der Waals surface area contributed by atoms with Gasteiger partial charge in [0.15, 0.2) is 0 Å². The highest BCUT2D eigenvalue weighted by Crippen LogP contribution is 2.02. The van der Waals surface area contributed by atoms with Gasteiger partial charge in [-0.3, -0.25) is 9.78 Å². The lowest BCUT2D eigenvalue weighted by Gasteiger charge is -2.08. The summed E-state index contributed by atoms with van der Waals surface area (Å²) >= 11 is 0. The summed E-state index contributed by atoms with van der Waals surface area (Å²) in [5.41, 5.74) is -0.208. The number of anilines is 1. The quantitative estimate of drug-likeness (QED) is 0.804. The van der Waals surface area contributed by atoms with Crippen LogP contribution in [0.1, 0.15) is 19.8 Å². The minimum atomic E-state index is -0.433. The molecule has 0 radical (unpaired) electrons. The number of unbranched alkanes of at least 4 members (excludes halogenated alkanes) is 1. The lowest BCUT2D eigenvalue weighted by molar-refractivity contribution is 0.820. The number of nitrogens with one attached hydrogen (secondary N) is 2. The molecule has 0 aliphatic carbocycles. The second kappa shape index (κ2) is 6.04. The largest absolute Gasteiger partial charge is 0.371 e. The molecule has 1 aromatic carbocycles. The van der Waals surface area contributed by atoms with E-state index in [1.807, 2.05) is 6.07 Å². The van der Waals surface area contributed by atoms with Crippen LogP contribution in [0.2, 0.25) is 0 Å². The molecule has 5 nitrogen and oxygen atoms in total. The lowest BCUT2D eigenvalue weighted by Crippen LogP contribution is -2.33. The van der Waals surface area contributed by atoms with Gasteiger partial charge in [0.2, 0.25) is 0 Å². The van der Waals surface area contributed by atoms with Crippen molar-refractivity contribution < 1.29 is 0 Å². The van der Waals surface area contributed by atoms with Crippen molar-refractivity contribution >= 4 is 5.82 Å². The molecule has 0 fully saturated rings. The van der Waals surface area contributed by atoms with E-state index in [4.69, 9.17) is 0 Å². The molecule has 0 aliphatic heterocycles. The van der Waals surface area contributed by atoms with Gasteiger partial charge in [0.05, 0.1) is 5.69 Å². The van der Waals surface area contributed by atoms with E-state index < -0.39 is 5.69 Å². The average Bonchev–Trinajstić information content (AvgIpc) is 2.39. The minimum Gasteiger partial charge on any atom is -0.371 e. The molecule has 0 saturated heterocycles. The van der Waals surface area contributed by atoms with Gasteiger partial charge < -0.3 is 5.32 Å². The van der Waals surface area contributed by atoms with Crippen molar-refractivity contribution in [2.75, 3.05) is 11.9 Å². The Hall–Kier alpha value is -2.30. The van der Waals surface area contributed by atoms with Crippen molar-refractivity contribution in [3.8, 4) is 5.69 Å². The Balaban J connectivity index is 2.34. The van der Waals surface area contributed by atoms with E-state index in [0.29, 0.717) is 11.5 Å². The number of H-pyrrole nitrogens is 1. The highest BCUT2D eigenvalue weighted by Gasteiger charge is 2.05. The standard InChI is InChI=1S/C14H17N3O2/c1-2-3-9-15-12-10-13(18)17(14(19)16-12)11-7-5-4-6-8-11/h4-8,10,15H,2-3,9H2,1H3,(H,16,19). The van der Waals surface area contributed by atoms with E-state index in [1.54, 1.807) is 24.3 Å². The average molecular weight is 259 g/mol. The van der Waals surface area contributed by atoms with E-state index in [-0.39, 0.29) is 5.56 Å². The molecule has 2 N–H and O–H groups in total. The predicted molar refractivity (Wildman–Crippen MR) is 76.1 cm³/mol. The van der Waals surface area contributed by atoms with Crippen molar-refractivity contribution in [3.05, 3.63) is 57.2 Å². The van der Waals surface area contributed by atoms with Gasteiger partial charge in [0, 0.05) is 12.6 Å². The Morgan fingerprint density at radius 1 is 1.21 bits per heavy atom. The first-order valence-corrected chi connectivity index (χ1v) is 6.38. The van der Waals surface area contributed by atoms with Crippen LogP contribution in [0.4, 0.5) is 5.82 Å². The number of hydrogen-bond donors (Lipinski definition) is 2. The molecule has 1 aromatic heterocycles. The second-order valence-corrected chi connectivity index (χ2v) is 4.28. The second-order valence-electron chi connectivity index (χ2n) is 4.28. The van der Waals surface area contributed by atoms with Gasteiger partial charge in [0.1, 0.15) is 5.82 Å². The fourth-order valence-electron chi connectivity index (χ4n) is 1.81. The first kappa shape index (κ1) is 13.1. The Morgan fingerprint density at radius 2 is 1.95 bits per heavy atom. The van der Waals surface area contributed by atoms with Crippen LogP contribution in [0, 0.1) is 0 Å². The van der Waals surface area contributed by atoms with Gasteiger partial charge in [-0.15, -0.1) is 0 Å². The maximum absolute atomic E-state index is 12.0. The number of rotatable bonds is 5. The van der Waals surface area contributed by atoms with Crippen molar-refractivity contribution in [3.63, 3.8) is 0 Å². The molecular formula is C14H17N3O2. The zero-order valence-electron chi connectivity index (χ0n) is 10.8. The predicted octanol–water partition coefficient (Wildman–Crippen LogP) is 1.74. The third kappa shape index (κ3) is 3.13. The van der Waals surface area contributed by atoms with Crippen LogP contribution in [0.5, 0.6) is 0 Å². The molecule has 2 rings (SSSR count). The third-order valence-electron chi connectivity index (χ3n) is 2.79. The summed E-state index contributed by atoms with van der Waals surface area (Å²) in [5, 5.41) is 3.04. The molecule has 2 aromatic rings. The van der Waals surface area contributed by atoms with Gasteiger partial charge in [-0.05, 0) is 18.6 Å². The van der Waals surface area contributed by atoms with Crippen molar-refractivity contribution in [1.29, 1.82) is 0 Å². The molecule has 0 unspecified atom stereocenters. The van der Waals surface area contributed by atoms with E-state index in [1.165, 1.54) is 6.07 Å². The number of aromatic amines is 1. The van der Waals surface area contributed by atoms with Crippen molar-refractivity contribution in [1.82, 2.24) is 9.55 Å². The highest BCUT2D eigenvalue weighted by atomic mass is 16.2. The molecule has 0 aliphatic rings. The summed E-state index contributed by atoms with van der Waals surface area (Å²) in [6, 6.07) is 10.3. The van der Waals surface area contributed by atoms with Gasteiger partial charge >= 0.3 is 5.69 Å². The van der Waals surface area contributed by atoms with Crippen LogP contribution in [-0.2, 0) is 0 Å². The van der Waals surface area contributed by atoms with E-state index in [2.05, 4.69) is 17.2 Å². The molecule has 19 heavy (non-hydrogen) atoms. The number of para-hydroxylation sites is 1. The molecule has 0 amide bonds. The topological polar surface area (TPSA) is 66.9 Å². The third-order valence-corrected chi connectivity index (χ3v) is 2.79. The maximum Gasteiger partial charge on any atom is 0.334 e. The summed E-state index contributed by atoms with van der Waals surface area (Å²) in [6.45, 7) is 2.82. The summed E-state index contributed by atoms with van der Waals surface area (Å²) in [5.74, 6) is 0.468. The zero-order valence-corrected chi connectivity index (χ0v) is 10.8. The van der Waals surface area contributed by atoms with E-state index in [0.717, 1.165) is 24.0 Å². The number of nitrogens with zero attached hydrogens (tertiary/aromatic N) is 1. The molecule has 0 atom stereocenters. The van der Waals surface area contributed by atoms with Crippen molar-refractivity contribution in [2.45, 2.75) is 19.8 Å². The minimum absolute atomic E-state index is 0.339. The van der Waals surface area contributed by atoms with E-state index in [9.17, 15) is 9.59 Å². The van der Waals surface area contributed by atoms with Crippen LogP contribution in [-0.4, -0.2) is 16.1 Å². The van der Waals surface area contributed by atoms with E-state index >= 15 is 0 Å². The lowest BCUT2D eigenvalue weighted by atomic mass is 10.3. The number of benzene rings is 1. The van der Waals surface area contributed by atoms with Crippen LogP contribution >= 0.6 is 0 Å². The number of hydrogen-bond acceptors (Lipinski definition) is 3. The van der Waals surface area contributed by atoms with Gasteiger partial charge in [-0.1, -0.05) is 31.5 Å². The molecule has 100 valence electrons. The van der Waals surface area contributed by atoms with Gasteiger partial charge in [0.25, 0.3) is 5.56 Å². The Bertz CT molecular complexity index is 612. The zero-order chi connectivity index (χ0) is 13.7. The maximum atomic E-state index is 12.0. The Kier molecular flexibility index (Phi) is 4.18. The van der Waals surface area contributed by atoms with Crippen LogP contribution in [0.3, 0.4) is 0 Å². The molecule has 0 saturated carbocycles. The molecule has 0 spiro atoms. The Morgan fingerprint density at radius 3 is 2.58 bits per heavy atom. The summed E-state index contributed by atoms with van der Waals surface area (Å²) in [7, 11) is 0. The monoisotopic (exact) mass is 259 g/mol. The van der Waals surface area contributed by atoms with Crippen LogP contribution in [0.25, 0.3) is 5.69 Å². The molecule has 5 heteroatoms. The summed E-state index contributed by atoms with van der Waals surface area (Å²) < 4.78 is 1.12. The SMILES string of the molecule is CCCCNc1cc(=O)n(-c2ccccc2)c(=O)[nH]1. The summed E-state index contributed by atoms with van der Waals surface area (Å²) in [4.78, 5) is 26.6. The first-order valence-electron chi connectivity index (χ1n) is 6.38. The smallest absolute Gasteiger partial charge is 0.334 e. The molecule has 0 bridgehead atoms. The van der Waals surface area contributed by atoms with Gasteiger partial charge in [-0.25, -0.2) is 9.36 Å². The molecule has 1 heterocycles. The van der Waals surface area contributed by atoms with Crippen LogP contribution in [0.15, 0.2) is 46.0 Å². The fraction of sp³-hybridized carbons (Fsp3) is 0.286. The van der Waals surface area contributed by atoms with Crippen molar-refractivity contribution in [2.24, 2.45) is 0 Å². The van der Waals surface area contributed by atoms with Gasteiger partial charge in [-0.2, -0.15) is 0 Å².